The van der Waals surface area contributed by atoms with E-state index >= 15 is 0 Å². The lowest BCUT2D eigenvalue weighted by Gasteiger charge is -2.26. The zero-order valence-electron chi connectivity index (χ0n) is 10.8. The third-order valence-electron chi connectivity index (χ3n) is 3.12. The van der Waals surface area contributed by atoms with Gasteiger partial charge in [-0.15, -0.1) is 0 Å². The van der Waals surface area contributed by atoms with Crippen LogP contribution in [0.5, 0.6) is 0 Å². The molecule has 0 aliphatic rings. The van der Waals surface area contributed by atoms with E-state index in [0.717, 1.165) is 6.54 Å². The Bertz CT molecular complexity index is 354. The van der Waals surface area contributed by atoms with Gasteiger partial charge in [0.05, 0.1) is 0 Å². The standard InChI is InChI=1S/C14H21BrIN/c1-4-8-17-14(10(3)5-2)12-9-11(15)6-7-13(12)16/h6-7,9-10,14,17H,4-5,8H2,1-3H3. The van der Waals surface area contributed by atoms with Gasteiger partial charge < -0.3 is 5.32 Å². The molecule has 3 heteroatoms. The first-order chi connectivity index (χ1) is 8.10. The van der Waals surface area contributed by atoms with Gasteiger partial charge in [0.25, 0.3) is 0 Å². The largest absolute Gasteiger partial charge is 0.310 e. The molecule has 0 saturated carbocycles. The Morgan fingerprint density at radius 1 is 1.35 bits per heavy atom. The second-order valence-electron chi connectivity index (χ2n) is 4.48. The van der Waals surface area contributed by atoms with E-state index in [1.165, 1.54) is 26.4 Å². The molecular formula is C14H21BrIN. The minimum Gasteiger partial charge on any atom is -0.310 e. The SMILES string of the molecule is CCCNC(c1cc(Br)ccc1I)C(C)CC. The summed E-state index contributed by atoms with van der Waals surface area (Å²) >= 11 is 6.01. The van der Waals surface area contributed by atoms with Crippen LogP contribution in [0.25, 0.3) is 0 Å². The Morgan fingerprint density at radius 2 is 2.06 bits per heavy atom. The third-order valence-corrected chi connectivity index (χ3v) is 4.60. The topological polar surface area (TPSA) is 12.0 Å². The van der Waals surface area contributed by atoms with Crippen LogP contribution in [0.2, 0.25) is 0 Å². The maximum atomic E-state index is 3.68. The Kier molecular flexibility index (Phi) is 7.04. The second-order valence-corrected chi connectivity index (χ2v) is 6.56. The summed E-state index contributed by atoms with van der Waals surface area (Å²) in [5.74, 6) is 0.657. The van der Waals surface area contributed by atoms with Crippen LogP contribution >= 0.6 is 38.5 Å². The van der Waals surface area contributed by atoms with E-state index < -0.39 is 0 Å². The average molecular weight is 410 g/mol. The van der Waals surface area contributed by atoms with Gasteiger partial charge >= 0.3 is 0 Å². The number of halogens is 2. The van der Waals surface area contributed by atoms with Crippen LogP contribution in [0.4, 0.5) is 0 Å². The van der Waals surface area contributed by atoms with E-state index in [9.17, 15) is 0 Å². The van der Waals surface area contributed by atoms with Crippen molar-refractivity contribution in [1.82, 2.24) is 5.32 Å². The molecule has 17 heavy (non-hydrogen) atoms. The minimum absolute atomic E-state index is 0.462. The predicted octanol–water partition coefficient (Wildman–Crippen LogP) is 5.14. The molecular weight excluding hydrogens is 389 g/mol. The quantitative estimate of drug-likeness (QED) is 0.641. The smallest absolute Gasteiger partial charge is 0.0356 e. The van der Waals surface area contributed by atoms with Crippen molar-refractivity contribution in [3.63, 3.8) is 0 Å². The van der Waals surface area contributed by atoms with Gasteiger partial charge in [-0.1, -0.05) is 43.1 Å². The molecule has 1 nitrogen and oxygen atoms in total. The molecule has 0 saturated heterocycles. The van der Waals surface area contributed by atoms with Crippen LogP contribution in [0.15, 0.2) is 22.7 Å². The molecule has 0 heterocycles. The molecule has 2 atom stereocenters. The molecule has 0 aromatic heterocycles. The molecule has 0 aliphatic carbocycles. The van der Waals surface area contributed by atoms with Crippen molar-refractivity contribution >= 4 is 38.5 Å². The van der Waals surface area contributed by atoms with Crippen molar-refractivity contribution in [1.29, 1.82) is 0 Å². The third kappa shape index (κ3) is 4.52. The molecule has 1 rings (SSSR count). The zero-order valence-corrected chi connectivity index (χ0v) is 14.5. The fraction of sp³-hybridized carbons (Fsp3) is 0.571. The summed E-state index contributed by atoms with van der Waals surface area (Å²) in [6.07, 6.45) is 2.38. The van der Waals surface area contributed by atoms with E-state index in [1.54, 1.807) is 0 Å². The van der Waals surface area contributed by atoms with Crippen LogP contribution in [-0.2, 0) is 0 Å². The highest BCUT2D eigenvalue weighted by atomic mass is 127. The predicted molar refractivity (Wildman–Crippen MR) is 87.3 cm³/mol. The van der Waals surface area contributed by atoms with Crippen LogP contribution in [0.3, 0.4) is 0 Å². The molecule has 1 aromatic rings. The highest BCUT2D eigenvalue weighted by Gasteiger charge is 2.19. The molecule has 0 spiro atoms. The van der Waals surface area contributed by atoms with Crippen molar-refractivity contribution in [2.24, 2.45) is 5.92 Å². The van der Waals surface area contributed by atoms with Crippen LogP contribution in [0, 0.1) is 9.49 Å². The van der Waals surface area contributed by atoms with Gasteiger partial charge in [0.2, 0.25) is 0 Å². The van der Waals surface area contributed by atoms with Gasteiger partial charge in [-0.2, -0.15) is 0 Å². The first-order valence-electron chi connectivity index (χ1n) is 6.28. The van der Waals surface area contributed by atoms with E-state index in [1.807, 2.05) is 0 Å². The minimum atomic E-state index is 0.462. The molecule has 0 radical (unpaired) electrons. The lowest BCUT2D eigenvalue weighted by molar-refractivity contribution is 0.376. The Hall–Kier alpha value is 0.390. The van der Waals surface area contributed by atoms with Crippen molar-refractivity contribution in [2.75, 3.05) is 6.54 Å². The van der Waals surface area contributed by atoms with Gasteiger partial charge in [-0.25, -0.2) is 0 Å². The summed E-state index contributed by atoms with van der Waals surface area (Å²) in [5.41, 5.74) is 1.42. The van der Waals surface area contributed by atoms with Crippen molar-refractivity contribution in [2.45, 2.75) is 39.7 Å². The number of nitrogens with one attached hydrogen (secondary N) is 1. The highest BCUT2D eigenvalue weighted by molar-refractivity contribution is 14.1. The van der Waals surface area contributed by atoms with Gasteiger partial charge in [0, 0.05) is 14.1 Å². The molecule has 1 N–H and O–H groups in total. The molecule has 1 aromatic carbocycles. The van der Waals surface area contributed by atoms with Crippen LogP contribution in [0.1, 0.15) is 45.2 Å². The summed E-state index contributed by atoms with van der Waals surface area (Å²) in [4.78, 5) is 0. The lowest BCUT2D eigenvalue weighted by atomic mass is 9.92. The van der Waals surface area contributed by atoms with E-state index in [-0.39, 0.29) is 0 Å². The van der Waals surface area contributed by atoms with Gasteiger partial charge in [-0.05, 0) is 65.2 Å². The van der Waals surface area contributed by atoms with Crippen molar-refractivity contribution in [3.8, 4) is 0 Å². The molecule has 0 fully saturated rings. The summed E-state index contributed by atoms with van der Waals surface area (Å²) in [5, 5.41) is 3.68. The molecule has 0 aliphatic heterocycles. The van der Waals surface area contributed by atoms with Gasteiger partial charge in [0.1, 0.15) is 0 Å². The fourth-order valence-electron chi connectivity index (χ4n) is 1.91. The van der Waals surface area contributed by atoms with Gasteiger partial charge in [0.15, 0.2) is 0 Å². The first-order valence-corrected chi connectivity index (χ1v) is 8.15. The first kappa shape index (κ1) is 15.4. The Labute approximate surface area is 127 Å². The summed E-state index contributed by atoms with van der Waals surface area (Å²) in [7, 11) is 0. The van der Waals surface area contributed by atoms with Crippen molar-refractivity contribution < 1.29 is 0 Å². The summed E-state index contributed by atoms with van der Waals surface area (Å²) in [6.45, 7) is 7.88. The van der Waals surface area contributed by atoms with Crippen LogP contribution < -0.4 is 5.32 Å². The lowest BCUT2D eigenvalue weighted by Crippen LogP contribution is -2.28. The monoisotopic (exact) mass is 409 g/mol. The molecule has 96 valence electrons. The molecule has 0 amide bonds. The van der Waals surface area contributed by atoms with E-state index in [0.29, 0.717) is 12.0 Å². The summed E-state index contributed by atoms with van der Waals surface area (Å²) in [6, 6.07) is 7.01. The maximum Gasteiger partial charge on any atom is 0.0356 e. The molecule has 0 bridgehead atoms. The second kappa shape index (κ2) is 7.74. The van der Waals surface area contributed by atoms with E-state index in [4.69, 9.17) is 0 Å². The van der Waals surface area contributed by atoms with Crippen LogP contribution in [-0.4, -0.2) is 6.54 Å². The normalized spacial score (nSPS) is 14.6. The number of rotatable bonds is 6. The Balaban J connectivity index is 2.98. The molecule has 2 unspecified atom stereocenters. The number of hydrogen-bond acceptors (Lipinski definition) is 1. The fourth-order valence-corrected chi connectivity index (χ4v) is 2.96. The van der Waals surface area contributed by atoms with Gasteiger partial charge in [-0.3, -0.25) is 0 Å². The maximum absolute atomic E-state index is 3.68. The summed E-state index contributed by atoms with van der Waals surface area (Å²) < 4.78 is 2.51. The van der Waals surface area contributed by atoms with E-state index in [2.05, 4.69) is 82.8 Å². The average Bonchev–Trinajstić information content (AvgIpc) is 2.33. The zero-order chi connectivity index (χ0) is 12.8. The number of benzene rings is 1. The number of hydrogen-bond donors (Lipinski definition) is 1. The van der Waals surface area contributed by atoms with Crippen molar-refractivity contribution in [3.05, 3.63) is 31.8 Å². The highest BCUT2D eigenvalue weighted by Crippen LogP contribution is 2.30. The Morgan fingerprint density at radius 3 is 2.65 bits per heavy atom.